The van der Waals surface area contributed by atoms with Crippen molar-refractivity contribution < 1.29 is 23.5 Å². The number of carbonyl (C=O) groups excluding carboxylic acids is 2. The number of likely N-dealkylation sites (N-methyl/N-ethyl adjacent to an activating group) is 2. The van der Waals surface area contributed by atoms with E-state index < -0.39 is 0 Å². The number of methoxy groups -OCH3 is 1. The maximum absolute atomic E-state index is 13.1. The molecule has 0 saturated carbocycles. The van der Waals surface area contributed by atoms with Gasteiger partial charge in [-0.05, 0) is 31.3 Å². The number of halogens is 1. The van der Waals surface area contributed by atoms with Gasteiger partial charge in [-0.3, -0.25) is 14.5 Å². The first kappa shape index (κ1) is 22.2. The van der Waals surface area contributed by atoms with Crippen LogP contribution in [0.2, 0.25) is 0 Å². The normalized spacial score (nSPS) is 10.5. The van der Waals surface area contributed by atoms with Crippen LogP contribution < -0.4 is 14.8 Å². The Morgan fingerprint density at radius 1 is 1.03 bits per heavy atom. The van der Waals surface area contributed by atoms with E-state index in [-0.39, 0.29) is 30.7 Å². The summed E-state index contributed by atoms with van der Waals surface area (Å²) in [5, 5.41) is 2.74. The first-order chi connectivity index (χ1) is 13.9. The van der Waals surface area contributed by atoms with Gasteiger partial charge in [0.25, 0.3) is 0 Å². The van der Waals surface area contributed by atoms with Crippen molar-refractivity contribution in [3.63, 3.8) is 0 Å². The molecule has 156 valence electrons. The topological polar surface area (TPSA) is 71.1 Å². The van der Waals surface area contributed by atoms with Crippen molar-refractivity contribution in [2.45, 2.75) is 0 Å². The van der Waals surface area contributed by atoms with E-state index >= 15 is 0 Å². The minimum absolute atomic E-state index is 0.0658. The minimum atomic E-state index is -0.361. The van der Waals surface area contributed by atoms with Gasteiger partial charge in [0.1, 0.15) is 23.9 Å². The standard InChI is InChI=1S/C21H26FN3O4/c1-24(10-11-29-19-9-4-6-16(22)12-19)15-21(27)25(2)14-20(26)23-17-7-5-8-18(13-17)28-3/h4-9,12-13H,10-11,14-15H2,1-3H3,(H,23,26). The molecule has 0 spiro atoms. The van der Waals surface area contributed by atoms with Crippen LogP contribution in [0.15, 0.2) is 48.5 Å². The van der Waals surface area contributed by atoms with E-state index in [4.69, 9.17) is 9.47 Å². The molecule has 0 unspecified atom stereocenters. The summed E-state index contributed by atoms with van der Waals surface area (Å²) >= 11 is 0. The molecule has 0 aromatic heterocycles. The van der Waals surface area contributed by atoms with Crippen LogP contribution in [-0.2, 0) is 9.59 Å². The Balaban J connectivity index is 1.72. The summed E-state index contributed by atoms with van der Waals surface area (Å²) in [4.78, 5) is 27.6. The van der Waals surface area contributed by atoms with Crippen molar-refractivity contribution in [1.82, 2.24) is 9.80 Å². The van der Waals surface area contributed by atoms with Crippen LogP contribution in [0.25, 0.3) is 0 Å². The summed E-state index contributed by atoms with van der Waals surface area (Å²) < 4.78 is 23.7. The molecule has 8 heteroatoms. The molecule has 0 aliphatic rings. The molecule has 0 bridgehead atoms. The number of hydrogen-bond acceptors (Lipinski definition) is 5. The molecule has 2 aromatic carbocycles. The largest absolute Gasteiger partial charge is 0.497 e. The number of rotatable bonds is 10. The van der Waals surface area contributed by atoms with Gasteiger partial charge in [0.2, 0.25) is 11.8 Å². The zero-order valence-electron chi connectivity index (χ0n) is 16.9. The molecule has 2 aromatic rings. The highest BCUT2D eigenvalue weighted by Gasteiger charge is 2.15. The van der Waals surface area contributed by atoms with Crippen LogP contribution >= 0.6 is 0 Å². The maximum atomic E-state index is 13.1. The van der Waals surface area contributed by atoms with E-state index in [0.717, 1.165) is 0 Å². The smallest absolute Gasteiger partial charge is 0.243 e. The van der Waals surface area contributed by atoms with Gasteiger partial charge in [0.15, 0.2) is 0 Å². The Kier molecular flexibility index (Phi) is 8.42. The van der Waals surface area contributed by atoms with Gasteiger partial charge in [-0.15, -0.1) is 0 Å². The monoisotopic (exact) mass is 403 g/mol. The van der Waals surface area contributed by atoms with Crippen LogP contribution in [-0.4, -0.2) is 69.1 Å². The lowest BCUT2D eigenvalue weighted by atomic mass is 10.3. The number of ether oxygens (including phenoxy) is 2. The molecule has 0 saturated heterocycles. The van der Waals surface area contributed by atoms with E-state index in [1.165, 1.54) is 17.0 Å². The third-order valence-corrected chi connectivity index (χ3v) is 4.10. The zero-order valence-corrected chi connectivity index (χ0v) is 16.9. The molecule has 0 heterocycles. The Morgan fingerprint density at radius 3 is 2.48 bits per heavy atom. The van der Waals surface area contributed by atoms with E-state index in [1.54, 1.807) is 62.5 Å². The van der Waals surface area contributed by atoms with Gasteiger partial charge in [-0.2, -0.15) is 0 Å². The van der Waals surface area contributed by atoms with Gasteiger partial charge in [0, 0.05) is 31.4 Å². The summed E-state index contributed by atoms with van der Waals surface area (Å²) in [6.45, 7) is 0.860. The van der Waals surface area contributed by atoms with Gasteiger partial charge in [0.05, 0.1) is 20.2 Å². The number of anilines is 1. The second-order valence-electron chi connectivity index (χ2n) is 6.57. The molecule has 2 amide bonds. The number of amides is 2. The zero-order chi connectivity index (χ0) is 21.2. The first-order valence-corrected chi connectivity index (χ1v) is 9.12. The van der Waals surface area contributed by atoms with Gasteiger partial charge < -0.3 is 19.7 Å². The molecule has 0 radical (unpaired) electrons. The fraction of sp³-hybridized carbons (Fsp3) is 0.333. The van der Waals surface area contributed by atoms with Gasteiger partial charge in [-0.25, -0.2) is 4.39 Å². The van der Waals surface area contributed by atoms with E-state index in [0.29, 0.717) is 30.3 Å². The predicted molar refractivity (Wildman–Crippen MR) is 109 cm³/mol. The minimum Gasteiger partial charge on any atom is -0.497 e. The summed E-state index contributed by atoms with van der Waals surface area (Å²) in [6, 6.07) is 12.9. The van der Waals surface area contributed by atoms with Crippen LogP contribution in [0.1, 0.15) is 0 Å². The average molecular weight is 403 g/mol. The lowest BCUT2D eigenvalue weighted by Gasteiger charge is -2.21. The second-order valence-corrected chi connectivity index (χ2v) is 6.57. The third-order valence-electron chi connectivity index (χ3n) is 4.10. The molecule has 29 heavy (non-hydrogen) atoms. The highest BCUT2D eigenvalue weighted by molar-refractivity contribution is 5.94. The van der Waals surface area contributed by atoms with E-state index in [9.17, 15) is 14.0 Å². The van der Waals surface area contributed by atoms with Crippen molar-refractivity contribution in [3.05, 3.63) is 54.3 Å². The highest BCUT2D eigenvalue weighted by atomic mass is 19.1. The molecule has 0 atom stereocenters. The fourth-order valence-corrected chi connectivity index (χ4v) is 2.51. The molecule has 1 N–H and O–H groups in total. The summed E-state index contributed by atoms with van der Waals surface area (Å²) in [6.07, 6.45) is 0. The molecule has 7 nitrogen and oxygen atoms in total. The van der Waals surface area contributed by atoms with Crippen molar-refractivity contribution in [2.24, 2.45) is 0 Å². The number of carbonyl (C=O) groups is 2. The second kappa shape index (κ2) is 11.0. The maximum Gasteiger partial charge on any atom is 0.243 e. The Morgan fingerprint density at radius 2 is 1.76 bits per heavy atom. The van der Waals surface area contributed by atoms with E-state index in [1.807, 2.05) is 0 Å². The molecule has 0 aliphatic heterocycles. The molecule has 0 fully saturated rings. The van der Waals surface area contributed by atoms with Crippen LogP contribution in [0.5, 0.6) is 11.5 Å². The number of benzene rings is 2. The van der Waals surface area contributed by atoms with E-state index in [2.05, 4.69) is 5.32 Å². The SMILES string of the molecule is COc1cccc(NC(=O)CN(C)C(=O)CN(C)CCOc2cccc(F)c2)c1. The summed E-state index contributed by atoms with van der Waals surface area (Å²) in [5.74, 6) is 0.218. The number of nitrogens with one attached hydrogen (secondary N) is 1. The summed E-state index contributed by atoms with van der Waals surface area (Å²) in [7, 11) is 4.90. The van der Waals surface area contributed by atoms with Gasteiger partial charge >= 0.3 is 0 Å². The molecular weight excluding hydrogens is 377 g/mol. The van der Waals surface area contributed by atoms with Crippen LogP contribution in [0.3, 0.4) is 0 Å². The van der Waals surface area contributed by atoms with Crippen LogP contribution in [0.4, 0.5) is 10.1 Å². The fourth-order valence-electron chi connectivity index (χ4n) is 2.51. The molecule has 2 rings (SSSR count). The Bertz CT molecular complexity index is 831. The Hall–Kier alpha value is -3.13. The predicted octanol–water partition coefficient (Wildman–Crippen LogP) is 2.24. The number of nitrogens with zero attached hydrogens (tertiary/aromatic N) is 2. The Labute approximate surface area is 170 Å². The van der Waals surface area contributed by atoms with Crippen molar-refractivity contribution in [2.75, 3.05) is 52.8 Å². The lowest BCUT2D eigenvalue weighted by molar-refractivity contribution is -0.134. The van der Waals surface area contributed by atoms with Crippen LogP contribution in [0, 0.1) is 5.82 Å². The molecule has 0 aliphatic carbocycles. The highest BCUT2D eigenvalue weighted by Crippen LogP contribution is 2.16. The van der Waals surface area contributed by atoms with Crippen molar-refractivity contribution >= 4 is 17.5 Å². The van der Waals surface area contributed by atoms with Crippen molar-refractivity contribution in [1.29, 1.82) is 0 Å². The number of hydrogen-bond donors (Lipinski definition) is 1. The molecular formula is C21H26FN3O4. The van der Waals surface area contributed by atoms with Gasteiger partial charge in [-0.1, -0.05) is 12.1 Å². The third kappa shape index (κ3) is 7.79. The first-order valence-electron chi connectivity index (χ1n) is 9.12. The average Bonchev–Trinajstić information content (AvgIpc) is 2.68. The quantitative estimate of drug-likeness (QED) is 0.659. The van der Waals surface area contributed by atoms with Crippen molar-refractivity contribution in [3.8, 4) is 11.5 Å². The lowest BCUT2D eigenvalue weighted by Crippen LogP contribution is -2.41. The summed E-state index contributed by atoms with van der Waals surface area (Å²) in [5.41, 5.74) is 0.599.